The van der Waals surface area contributed by atoms with Gasteiger partial charge in [0.25, 0.3) is 0 Å². The normalized spacial score (nSPS) is 12.0. The molecule has 148 heavy (non-hydrogen) atoms. The number of hydrogen-bond acceptors (Lipinski definition) is 23. The van der Waals surface area contributed by atoms with Gasteiger partial charge in [-0.1, -0.05) is 282 Å². The van der Waals surface area contributed by atoms with Gasteiger partial charge in [-0.2, -0.15) is 47.0 Å². The minimum absolute atomic E-state index is 0.00766. The molecule has 0 bridgehead atoms. The Morgan fingerprint density at radius 1 is 0.358 bits per heavy atom. The third-order valence-electron chi connectivity index (χ3n) is 16.1. The standard InChI is InChI=1S/C12H16O2.C11H14O2.4C9H18O2.C9H20S.2C8H16O2.C8H14O2.C8H18S.C7H16S.C7H16.C6H14S.C5H13N/c1-12(2,3)11(13)14-9-10-7-5-4-6-8-10;1-11(2,3)10(12)13-9-7-5-4-6-8-9;1-8(2,3)7(10)11-9(4,5)6;1-7(2)6-11-8(10)9(3,4)5;1-6-7(2)11-8(10)9(3,4)5;1-5-6-7-11-8(10)9(2,3)4;1-8(2,3)7-10-9(4,5)6;1-6(2)10-7(9)8(3,4)5;2*1-5-6-10-7(9)8(2,3)4;1-7(2)9-6-8(3,4)5;1-5-8-6-7(2,3)4;1-5-6-7(2,3)4;1-6(2,3)5-7-4;1-5(2,3)4-6/h4-8H,9H2,1-3H3;4-8H,1-3H3;1-6H3;2*7H,6H2,1-5H3;5-7H2,1-4H3;7H2,1-6H3;6H,1-5H3;5-6H2,1-4H3;5H,1,6H2,2-4H3;7H,6H2,1-5H3;5-6H2,1-4H3;5-6H2,1-4H3;5H2,1-4H3;4,6H2,1-3H3. The van der Waals surface area contributed by atoms with Gasteiger partial charge in [0.05, 0.1) is 80.8 Å². The van der Waals surface area contributed by atoms with Crippen LogP contribution in [0, 0.1) is 87.1 Å². The molecule has 0 saturated carbocycles. The predicted octanol–water partition coefficient (Wildman–Crippen LogP) is 36.2. The van der Waals surface area contributed by atoms with Crippen LogP contribution in [0.3, 0.4) is 0 Å². The number of para-hydroxylation sites is 1. The van der Waals surface area contributed by atoms with E-state index in [0.29, 0.717) is 81.9 Å². The molecule has 2 N–H and O–H groups in total. The number of hydrogen-bond donors (Lipinski definition) is 1. The first-order valence-electron chi connectivity index (χ1n) is 54.0. The SMILES string of the molecule is C=CCOC(=O)C(C)(C)C.CC(C)(C)C(=O)OCc1ccccc1.CC(C)(C)C(=O)Oc1ccccc1.CC(C)(C)CN.CC(C)(C)CSC(C)(C)C.CC(C)(C)OC(=O)C(C)(C)C.CC(C)COC(=O)C(C)(C)C.CC(C)OC(=O)C(C)(C)C.CC(C)SCC(C)(C)C.CCC(C)OC(=O)C(C)(C)C.CCCC(C)(C)C.CCCCOC(=O)C(C)(C)C.CCCOC(=O)C(C)(C)C.CCSCC(C)(C)C.CSCC(C)(C)C. The zero-order valence-corrected chi connectivity index (χ0v) is 112. The largest absolute Gasteiger partial charge is 0.465 e. The molecule has 0 heterocycles. The number of unbranched alkanes of at least 4 members (excludes halogenated alkanes) is 1. The molecule has 1 unspecified atom stereocenters. The van der Waals surface area contributed by atoms with Gasteiger partial charge in [-0.15, -0.1) is 0 Å². The molecular formula is C125H245NO18S4. The maximum Gasteiger partial charge on any atom is 0.316 e. The summed E-state index contributed by atoms with van der Waals surface area (Å²) in [6.45, 7) is 134. The number of rotatable bonds is 22. The van der Waals surface area contributed by atoms with Gasteiger partial charge in [-0.25, -0.2) is 0 Å². The lowest BCUT2D eigenvalue weighted by molar-refractivity contribution is -0.164. The molecule has 0 aliphatic carbocycles. The molecule has 0 radical (unpaired) electrons. The molecule has 0 aliphatic heterocycles. The van der Waals surface area contributed by atoms with Crippen molar-refractivity contribution in [2.45, 2.75) is 509 Å². The van der Waals surface area contributed by atoms with E-state index in [1.54, 1.807) is 18.2 Å². The Balaban J connectivity index is -0.000000120. The zero-order valence-electron chi connectivity index (χ0n) is 109. The number of carbonyl (C=O) groups excluding carboxylic acids is 9. The molecule has 2 aromatic carbocycles. The van der Waals surface area contributed by atoms with Crippen molar-refractivity contribution in [2.75, 3.05) is 68.0 Å². The smallest absolute Gasteiger partial charge is 0.316 e. The van der Waals surface area contributed by atoms with Gasteiger partial charge in [-0.05, 0) is 357 Å². The van der Waals surface area contributed by atoms with Gasteiger partial charge in [-0.3, -0.25) is 43.2 Å². The number of ether oxygens (including phenoxy) is 9. The maximum atomic E-state index is 11.4. The Morgan fingerprint density at radius 3 is 0.905 bits per heavy atom. The summed E-state index contributed by atoms with van der Waals surface area (Å²) in [5, 5.41) is 0.782. The molecule has 882 valence electrons. The second-order valence-electron chi connectivity index (χ2n) is 56.2. The lowest BCUT2D eigenvalue weighted by Gasteiger charge is -2.25. The molecule has 0 saturated heterocycles. The number of esters is 9. The highest BCUT2D eigenvalue weighted by molar-refractivity contribution is 8.00. The molecule has 0 spiro atoms. The highest BCUT2D eigenvalue weighted by atomic mass is 32.2. The molecule has 0 aromatic heterocycles. The summed E-state index contributed by atoms with van der Waals surface area (Å²) in [7, 11) is 0. The fourth-order valence-corrected chi connectivity index (χ4v) is 10.5. The van der Waals surface area contributed by atoms with Gasteiger partial charge < -0.3 is 48.4 Å². The molecule has 2 aromatic rings. The van der Waals surface area contributed by atoms with Crippen molar-refractivity contribution in [2.24, 2.45) is 92.9 Å². The quantitative estimate of drug-likeness (QED) is 0.0377. The van der Waals surface area contributed by atoms with Crippen LogP contribution in [0.25, 0.3) is 0 Å². The molecule has 0 aliphatic rings. The molecule has 23 heteroatoms. The first kappa shape index (κ1) is 170. The number of thioether (sulfide) groups is 4. The monoisotopic (exact) mass is 2180 g/mol. The van der Waals surface area contributed by atoms with Gasteiger partial charge >= 0.3 is 53.7 Å². The van der Waals surface area contributed by atoms with Crippen molar-refractivity contribution < 1.29 is 85.8 Å². The zero-order chi connectivity index (χ0) is 121. The van der Waals surface area contributed by atoms with Gasteiger partial charge in [0, 0.05) is 4.75 Å². The van der Waals surface area contributed by atoms with E-state index >= 15 is 0 Å². The Kier molecular flexibility index (Phi) is 96.8. The van der Waals surface area contributed by atoms with Crippen LogP contribution in [-0.4, -0.2) is 150 Å². The summed E-state index contributed by atoms with van der Waals surface area (Å²) in [5.74, 6) is 6.01. The molecule has 0 fully saturated rings. The molecule has 19 nitrogen and oxygen atoms in total. The summed E-state index contributed by atoms with van der Waals surface area (Å²) in [6.07, 6.45) is 10.2. The van der Waals surface area contributed by atoms with Gasteiger partial charge in [0.2, 0.25) is 0 Å². The fourth-order valence-electron chi connectivity index (χ4n) is 7.14. The summed E-state index contributed by atoms with van der Waals surface area (Å²) >= 11 is 8.00. The van der Waals surface area contributed by atoms with Crippen LogP contribution in [0.1, 0.15) is 480 Å². The van der Waals surface area contributed by atoms with Crippen molar-refractivity contribution in [3.8, 4) is 5.75 Å². The average molecular weight is 2180 g/mol. The molecule has 2 rings (SSSR count). The third kappa shape index (κ3) is 149. The van der Waals surface area contributed by atoms with E-state index < -0.39 is 21.7 Å². The van der Waals surface area contributed by atoms with Crippen LogP contribution in [-0.2, 0) is 87.7 Å². The van der Waals surface area contributed by atoms with E-state index in [-0.39, 0.29) is 98.6 Å². The Labute approximate surface area is 934 Å². The van der Waals surface area contributed by atoms with Crippen LogP contribution < -0.4 is 10.5 Å². The van der Waals surface area contributed by atoms with E-state index in [0.717, 1.165) is 43.0 Å². The molecule has 0 amide bonds. The second-order valence-corrected chi connectivity index (χ2v) is 61.8. The number of benzene rings is 2. The van der Waals surface area contributed by atoms with Crippen molar-refractivity contribution in [1.29, 1.82) is 0 Å². The van der Waals surface area contributed by atoms with E-state index in [1.165, 1.54) is 41.6 Å². The second kappa shape index (κ2) is 84.1. The highest BCUT2D eigenvalue weighted by Gasteiger charge is 2.31. The van der Waals surface area contributed by atoms with Crippen molar-refractivity contribution in [3.63, 3.8) is 0 Å². The van der Waals surface area contributed by atoms with Crippen LogP contribution >= 0.6 is 47.0 Å². The van der Waals surface area contributed by atoms with E-state index in [2.05, 4.69) is 193 Å². The predicted molar refractivity (Wildman–Crippen MR) is 652 cm³/mol. The minimum Gasteiger partial charge on any atom is -0.465 e. The number of nitrogens with two attached hydrogens (primary N) is 1. The van der Waals surface area contributed by atoms with E-state index in [4.69, 9.17) is 48.4 Å². The first-order chi connectivity index (χ1) is 65.5. The minimum atomic E-state index is -0.449. The fraction of sp³-hybridized carbons (Fsp3) is 0.816. The van der Waals surface area contributed by atoms with Crippen molar-refractivity contribution in [3.05, 3.63) is 78.9 Å². The molecule has 1 atom stereocenters. The van der Waals surface area contributed by atoms with Crippen LogP contribution in [0.2, 0.25) is 0 Å². The topological polar surface area (TPSA) is 263 Å². The summed E-state index contributed by atoms with van der Waals surface area (Å²) in [5.41, 5.74) is 5.34. The Bertz CT molecular complexity index is 3590. The van der Waals surface area contributed by atoms with Gasteiger partial charge in [0.15, 0.2) is 0 Å². The van der Waals surface area contributed by atoms with Crippen molar-refractivity contribution in [1.82, 2.24) is 0 Å². The third-order valence-corrected chi connectivity index (χ3v) is 22.3. The van der Waals surface area contributed by atoms with Crippen LogP contribution in [0.5, 0.6) is 5.75 Å². The van der Waals surface area contributed by atoms with E-state index in [9.17, 15) is 43.2 Å². The first-order valence-corrected chi connectivity index (χ1v) is 58.5. The molecular weight excluding hydrogens is 1930 g/mol. The van der Waals surface area contributed by atoms with Crippen LogP contribution in [0.15, 0.2) is 73.3 Å². The Morgan fingerprint density at radius 2 is 0.689 bits per heavy atom. The maximum absolute atomic E-state index is 11.4. The number of carbonyl (C=O) groups is 9. The van der Waals surface area contributed by atoms with Crippen LogP contribution in [0.4, 0.5) is 0 Å². The van der Waals surface area contributed by atoms with Crippen molar-refractivity contribution >= 4 is 101 Å². The Hall–Kier alpha value is -5.23. The van der Waals surface area contributed by atoms with Gasteiger partial charge in [0.1, 0.15) is 24.6 Å². The summed E-state index contributed by atoms with van der Waals surface area (Å²) < 4.78 is 45.7. The highest BCUT2D eigenvalue weighted by Crippen LogP contribution is 2.32. The summed E-state index contributed by atoms with van der Waals surface area (Å²) in [4.78, 5) is 101. The lowest BCUT2D eigenvalue weighted by Crippen LogP contribution is -2.31. The van der Waals surface area contributed by atoms with E-state index in [1.807, 2.05) is 352 Å². The lowest BCUT2D eigenvalue weighted by atomic mass is 9.91. The summed E-state index contributed by atoms with van der Waals surface area (Å²) in [6, 6.07) is 18.8. The average Bonchev–Trinajstić information content (AvgIpc) is 0.889.